The molecule has 0 spiro atoms. The molecule has 1 fully saturated rings. The number of amides is 1. The molecular weight excluding hydrogens is 443 g/mol. The molecule has 0 aliphatic carbocycles. The summed E-state index contributed by atoms with van der Waals surface area (Å²) in [6.45, 7) is 3.76. The molecule has 1 aliphatic heterocycles. The Morgan fingerprint density at radius 1 is 1.03 bits per heavy atom. The van der Waals surface area contributed by atoms with Crippen molar-refractivity contribution in [3.05, 3.63) is 89.5 Å². The van der Waals surface area contributed by atoms with Gasteiger partial charge in [-0.2, -0.15) is 4.31 Å². The monoisotopic (exact) mass is 468 g/mol. The Bertz CT molecular complexity index is 1240. The van der Waals surface area contributed by atoms with Gasteiger partial charge in [-0.05, 0) is 61.0 Å². The van der Waals surface area contributed by atoms with Crippen LogP contribution in [0.1, 0.15) is 21.6 Å². The summed E-state index contributed by atoms with van der Waals surface area (Å²) in [5.74, 6) is -0.669. The Morgan fingerprint density at radius 3 is 2.45 bits per heavy atom. The summed E-state index contributed by atoms with van der Waals surface area (Å²) in [6.07, 6.45) is 1.66. The van der Waals surface area contributed by atoms with Gasteiger partial charge in [0.15, 0.2) is 0 Å². The van der Waals surface area contributed by atoms with Gasteiger partial charge in [0.2, 0.25) is 10.0 Å². The van der Waals surface area contributed by atoms with Crippen LogP contribution in [0, 0.1) is 12.7 Å². The van der Waals surface area contributed by atoms with Crippen LogP contribution in [0.5, 0.6) is 0 Å². The standard InChI is InChI=1S/C24H25FN4O3S/c1-18-4-3-11-26-23(18)17-27-24(30)19-5-2-6-22(16-19)33(31,32)29-14-12-28(13-15-29)21-9-7-20(25)8-10-21/h2-11,16H,12-15,17H2,1H3,(H,27,30). The lowest BCUT2D eigenvalue weighted by Crippen LogP contribution is -2.48. The van der Waals surface area contributed by atoms with Crippen molar-refractivity contribution in [2.75, 3.05) is 31.1 Å². The van der Waals surface area contributed by atoms with Crippen LogP contribution in [-0.4, -0.2) is 49.8 Å². The first kappa shape index (κ1) is 22.9. The first-order valence-electron chi connectivity index (χ1n) is 10.6. The summed E-state index contributed by atoms with van der Waals surface area (Å²) in [7, 11) is -3.75. The molecule has 33 heavy (non-hydrogen) atoms. The molecule has 2 aromatic carbocycles. The van der Waals surface area contributed by atoms with Gasteiger partial charge in [0.1, 0.15) is 5.82 Å². The van der Waals surface area contributed by atoms with E-state index in [-0.39, 0.29) is 28.7 Å². The number of aromatic nitrogens is 1. The predicted octanol–water partition coefficient (Wildman–Crippen LogP) is 2.97. The molecule has 0 atom stereocenters. The third-order valence-electron chi connectivity index (χ3n) is 5.70. The zero-order valence-corrected chi connectivity index (χ0v) is 19.1. The van der Waals surface area contributed by atoms with Crippen LogP contribution in [0.2, 0.25) is 0 Å². The number of carbonyl (C=O) groups excluding carboxylic acids is 1. The first-order chi connectivity index (χ1) is 15.8. The van der Waals surface area contributed by atoms with E-state index in [2.05, 4.69) is 10.3 Å². The number of hydrogen-bond acceptors (Lipinski definition) is 5. The van der Waals surface area contributed by atoms with Gasteiger partial charge < -0.3 is 10.2 Å². The summed E-state index contributed by atoms with van der Waals surface area (Å²) in [6, 6.07) is 16.0. The number of pyridine rings is 1. The number of nitrogens with zero attached hydrogens (tertiary/aromatic N) is 3. The second-order valence-electron chi connectivity index (χ2n) is 7.85. The van der Waals surface area contributed by atoms with Crippen molar-refractivity contribution in [1.82, 2.24) is 14.6 Å². The summed E-state index contributed by atoms with van der Waals surface area (Å²) in [5, 5.41) is 2.80. The quantitative estimate of drug-likeness (QED) is 0.602. The molecule has 0 bridgehead atoms. The molecule has 1 aromatic heterocycles. The third-order valence-corrected chi connectivity index (χ3v) is 7.59. The second-order valence-corrected chi connectivity index (χ2v) is 9.78. The third kappa shape index (κ3) is 5.20. The van der Waals surface area contributed by atoms with Crippen LogP contribution in [0.15, 0.2) is 71.8 Å². The molecule has 1 saturated heterocycles. The minimum absolute atomic E-state index is 0.0828. The Morgan fingerprint density at radius 2 is 1.76 bits per heavy atom. The molecule has 0 saturated carbocycles. The van der Waals surface area contributed by atoms with Gasteiger partial charge in [-0.1, -0.05) is 12.1 Å². The van der Waals surface area contributed by atoms with E-state index in [1.54, 1.807) is 30.5 Å². The average molecular weight is 469 g/mol. The highest BCUT2D eigenvalue weighted by Crippen LogP contribution is 2.22. The number of sulfonamides is 1. The van der Waals surface area contributed by atoms with E-state index in [1.807, 2.05) is 24.0 Å². The Labute approximate surface area is 192 Å². The van der Waals surface area contributed by atoms with Crippen molar-refractivity contribution in [3.8, 4) is 0 Å². The Hall–Kier alpha value is -3.30. The molecule has 4 rings (SSSR count). The fourth-order valence-electron chi connectivity index (χ4n) is 3.75. The molecule has 2 heterocycles. The number of hydrogen-bond donors (Lipinski definition) is 1. The van der Waals surface area contributed by atoms with Crippen molar-refractivity contribution in [2.45, 2.75) is 18.4 Å². The van der Waals surface area contributed by atoms with Crippen LogP contribution >= 0.6 is 0 Å². The molecule has 9 heteroatoms. The van der Waals surface area contributed by atoms with Gasteiger partial charge in [0.25, 0.3) is 5.91 Å². The fraction of sp³-hybridized carbons (Fsp3) is 0.250. The summed E-state index contributed by atoms with van der Waals surface area (Å²) in [5.41, 5.74) is 2.85. The van der Waals surface area contributed by atoms with Gasteiger partial charge >= 0.3 is 0 Å². The molecule has 3 aromatic rings. The Balaban J connectivity index is 1.42. The lowest BCUT2D eigenvalue weighted by Gasteiger charge is -2.35. The maximum absolute atomic E-state index is 13.2. The Kier molecular flexibility index (Phi) is 6.71. The van der Waals surface area contributed by atoms with Crippen LogP contribution < -0.4 is 10.2 Å². The molecule has 1 aliphatic rings. The average Bonchev–Trinajstić information content (AvgIpc) is 2.84. The van der Waals surface area contributed by atoms with Crippen molar-refractivity contribution >= 4 is 21.6 Å². The predicted molar refractivity (Wildman–Crippen MR) is 124 cm³/mol. The lowest BCUT2D eigenvalue weighted by molar-refractivity contribution is 0.0950. The van der Waals surface area contributed by atoms with E-state index >= 15 is 0 Å². The molecule has 1 N–H and O–H groups in total. The van der Waals surface area contributed by atoms with Crippen molar-refractivity contribution < 1.29 is 17.6 Å². The van der Waals surface area contributed by atoms with Gasteiger partial charge in [-0.15, -0.1) is 0 Å². The van der Waals surface area contributed by atoms with E-state index in [0.29, 0.717) is 26.2 Å². The molecule has 7 nitrogen and oxygen atoms in total. The zero-order valence-electron chi connectivity index (χ0n) is 18.2. The van der Waals surface area contributed by atoms with Crippen LogP contribution in [-0.2, 0) is 16.6 Å². The summed E-state index contributed by atoms with van der Waals surface area (Å²) in [4.78, 5) is 19.0. The van der Waals surface area contributed by atoms with Crippen LogP contribution in [0.3, 0.4) is 0 Å². The molecular formula is C24H25FN4O3S. The normalized spacial score (nSPS) is 14.8. The maximum Gasteiger partial charge on any atom is 0.251 e. The van der Waals surface area contributed by atoms with Gasteiger partial charge in [0.05, 0.1) is 17.1 Å². The minimum atomic E-state index is -3.75. The van der Waals surface area contributed by atoms with E-state index < -0.39 is 10.0 Å². The highest BCUT2D eigenvalue weighted by Gasteiger charge is 2.29. The molecule has 1 amide bonds. The highest BCUT2D eigenvalue weighted by molar-refractivity contribution is 7.89. The van der Waals surface area contributed by atoms with E-state index in [4.69, 9.17) is 0 Å². The fourth-order valence-corrected chi connectivity index (χ4v) is 5.22. The number of halogens is 1. The van der Waals surface area contributed by atoms with Gasteiger partial charge in [0, 0.05) is 43.6 Å². The number of aryl methyl sites for hydroxylation is 1. The number of rotatable bonds is 6. The maximum atomic E-state index is 13.2. The number of benzene rings is 2. The molecule has 0 radical (unpaired) electrons. The number of carbonyl (C=O) groups is 1. The highest BCUT2D eigenvalue weighted by atomic mass is 32.2. The molecule has 172 valence electrons. The SMILES string of the molecule is Cc1cccnc1CNC(=O)c1cccc(S(=O)(=O)N2CCN(c3ccc(F)cc3)CC2)c1. The summed E-state index contributed by atoms with van der Waals surface area (Å²) >= 11 is 0. The lowest BCUT2D eigenvalue weighted by atomic mass is 10.2. The minimum Gasteiger partial charge on any atom is -0.369 e. The van der Waals surface area contributed by atoms with Crippen molar-refractivity contribution in [3.63, 3.8) is 0 Å². The van der Waals surface area contributed by atoms with Crippen LogP contribution in [0.4, 0.5) is 10.1 Å². The molecule has 0 unspecified atom stereocenters. The van der Waals surface area contributed by atoms with Crippen molar-refractivity contribution in [2.24, 2.45) is 0 Å². The topological polar surface area (TPSA) is 82.6 Å². The second kappa shape index (κ2) is 9.68. The zero-order chi connectivity index (χ0) is 23.4. The smallest absolute Gasteiger partial charge is 0.251 e. The first-order valence-corrected chi connectivity index (χ1v) is 12.1. The van der Waals surface area contributed by atoms with E-state index in [1.165, 1.54) is 28.6 Å². The number of anilines is 1. The number of piperazine rings is 1. The van der Waals surface area contributed by atoms with Crippen LogP contribution in [0.25, 0.3) is 0 Å². The number of nitrogens with one attached hydrogen (secondary N) is 1. The van der Waals surface area contributed by atoms with Crippen molar-refractivity contribution in [1.29, 1.82) is 0 Å². The summed E-state index contributed by atoms with van der Waals surface area (Å²) < 4.78 is 41.0. The van der Waals surface area contributed by atoms with E-state index in [0.717, 1.165) is 16.9 Å². The van der Waals surface area contributed by atoms with E-state index in [9.17, 15) is 17.6 Å². The largest absolute Gasteiger partial charge is 0.369 e. The van der Waals surface area contributed by atoms with Gasteiger partial charge in [-0.3, -0.25) is 9.78 Å². The van der Waals surface area contributed by atoms with Gasteiger partial charge in [-0.25, -0.2) is 12.8 Å².